The molecule has 2 aliphatic rings. The second kappa shape index (κ2) is 8.34. The normalized spacial score (nSPS) is 25.3. The van der Waals surface area contributed by atoms with Gasteiger partial charge in [0.25, 0.3) is 0 Å². The van der Waals surface area contributed by atoms with E-state index < -0.39 is 0 Å². The van der Waals surface area contributed by atoms with Crippen molar-refractivity contribution in [2.75, 3.05) is 26.2 Å². The summed E-state index contributed by atoms with van der Waals surface area (Å²) in [5.74, 6) is 1.62. The van der Waals surface area contributed by atoms with Gasteiger partial charge in [0.05, 0.1) is 0 Å². The van der Waals surface area contributed by atoms with Gasteiger partial charge in [-0.25, -0.2) is 0 Å². The van der Waals surface area contributed by atoms with Crippen LogP contribution in [0.5, 0.6) is 0 Å². The first kappa shape index (κ1) is 17.0. The van der Waals surface area contributed by atoms with E-state index in [0.29, 0.717) is 18.0 Å². The van der Waals surface area contributed by atoms with Crippen molar-refractivity contribution in [3.05, 3.63) is 48.6 Å². The summed E-state index contributed by atoms with van der Waals surface area (Å²) in [7, 11) is 0. The molecule has 4 nitrogen and oxygen atoms in total. The number of rotatable bonds is 6. The number of guanidine groups is 1. The standard InChI is InChI=1S/C20H30N4/c1-3-12-24-13-10-17(11-14-24)22-20(21-4-2)23-19-15-18(19)16-8-6-5-7-9-16/h3,5-9,17-19H,1,4,10-15H2,2H3,(H2,21,22,23). The van der Waals surface area contributed by atoms with Gasteiger partial charge in [0.2, 0.25) is 0 Å². The fourth-order valence-corrected chi connectivity index (χ4v) is 3.53. The van der Waals surface area contributed by atoms with E-state index in [2.05, 4.69) is 64.4 Å². The first-order valence-electron chi connectivity index (χ1n) is 9.26. The molecule has 24 heavy (non-hydrogen) atoms. The van der Waals surface area contributed by atoms with Crippen LogP contribution in [0.3, 0.4) is 0 Å². The van der Waals surface area contributed by atoms with Gasteiger partial charge in [-0.05, 0) is 31.7 Å². The summed E-state index contributed by atoms with van der Waals surface area (Å²) in [5.41, 5.74) is 1.43. The quantitative estimate of drug-likeness (QED) is 0.480. The van der Waals surface area contributed by atoms with Crippen LogP contribution in [0, 0.1) is 0 Å². The van der Waals surface area contributed by atoms with Gasteiger partial charge >= 0.3 is 0 Å². The molecule has 1 aromatic rings. The molecule has 1 aliphatic carbocycles. The molecule has 0 spiro atoms. The van der Waals surface area contributed by atoms with E-state index in [4.69, 9.17) is 0 Å². The highest BCUT2D eigenvalue weighted by atomic mass is 15.2. The summed E-state index contributed by atoms with van der Waals surface area (Å²) >= 11 is 0. The number of benzene rings is 1. The largest absolute Gasteiger partial charge is 0.354 e. The van der Waals surface area contributed by atoms with Crippen LogP contribution in [-0.2, 0) is 0 Å². The Hall–Kier alpha value is -1.81. The van der Waals surface area contributed by atoms with E-state index in [-0.39, 0.29) is 0 Å². The van der Waals surface area contributed by atoms with Crippen LogP contribution in [0.1, 0.15) is 37.7 Å². The van der Waals surface area contributed by atoms with Gasteiger partial charge in [-0.1, -0.05) is 36.4 Å². The van der Waals surface area contributed by atoms with Crippen molar-refractivity contribution in [3.8, 4) is 0 Å². The van der Waals surface area contributed by atoms with Crippen LogP contribution in [0.4, 0.5) is 0 Å². The lowest BCUT2D eigenvalue weighted by Gasteiger charge is -2.32. The van der Waals surface area contributed by atoms with Gasteiger partial charge in [-0.2, -0.15) is 0 Å². The predicted octanol–water partition coefficient (Wildman–Crippen LogP) is 2.75. The van der Waals surface area contributed by atoms with Crippen LogP contribution in [0.15, 0.2) is 48.0 Å². The lowest BCUT2D eigenvalue weighted by atomic mass is 10.1. The van der Waals surface area contributed by atoms with Crippen molar-refractivity contribution in [3.63, 3.8) is 0 Å². The van der Waals surface area contributed by atoms with Gasteiger partial charge in [-0.3, -0.25) is 9.89 Å². The smallest absolute Gasteiger partial charge is 0.191 e. The number of hydrogen-bond acceptors (Lipinski definition) is 2. The van der Waals surface area contributed by atoms with E-state index in [1.165, 1.54) is 24.8 Å². The monoisotopic (exact) mass is 326 g/mol. The summed E-state index contributed by atoms with van der Waals surface area (Å²) in [6, 6.07) is 11.8. The van der Waals surface area contributed by atoms with E-state index >= 15 is 0 Å². The lowest BCUT2D eigenvalue weighted by molar-refractivity contribution is 0.225. The van der Waals surface area contributed by atoms with Gasteiger partial charge in [0.15, 0.2) is 5.96 Å². The molecule has 4 heteroatoms. The first-order chi connectivity index (χ1) is 11.8. The third-order valence-corrected chi connectivity index (χ3v) is 4.97. The van der Waals surface area contributed by atoms with Gasteiger partial charge < -0.3 is 10.6 Å². The van der Waals surface area contributed by atoms with Crippen LogP contribution >= 0.6 is 0 Å². The average Bonchev–Trinajstić information content (AvgIpc) is 3.37. The molecule has 2 N–H and O–H groups in total. The maximum Gasteiger partial charge on any atom is 0.191 e. The third-order valence-electron chi connectivity index (χ3n) is 4.97. The maximum absolute atomic E-state index is 4.65. The molecule has 0 amide bonds. The zero-order valence-corrected chi connectivity index (χ0v) is 14.7. The summed E-state index contributed by atoms with van der Waals surface area (Å²) in [6.07, 6.45) is 5.54. The Bertz CT molecular complexity index is 546. The zero-order chi connectivity index (χ0) is 16.8. The molecule has 0 bridgehead atoms. The Kier molecular flexibility index (Phi) is 5.91. The van der Waals surface area contributed by atoms with Crippen molar-refractivity contribution in [1.29, 1.82) is 0 Å². The summed E-state index contributed by atoms with van der Waals surface area (Å²) in [6.45, 7) is 10.0. The molecule has 2 fully saturated rings. The fourth-order valence-electron chi connectivity index (χ4n) is 3.53. The van der Waals surface area contributed by atoms with Crippen LogP contribution < -0.4 is 10.6 Å². The van der Waals surface area contributed by atoms with Crippen molar-refractivity contribution in [1.82, 2.24) is 15.5 Å². The molecule has 0 radical (unpaired) electrons. The molecular weight excluding hydrogens is 296 g/mol. The maximum atomic E-state index is 4.65. The summed E-state index contributed by atoms with van der Waals surface area (Å²) < 4.78 is 0. The number of piperidine rings is 1. The van der Waals surface area contributed by atoms with E-state index in [1.54, 1.807) is 0 Å². The molecule has 1 saturated carbocycles. The Morgan fingerprint density at radius 1 is 1.25 bits per heavy atom. The van der Waals surface area contributed by atoms with Crippen LogP contribution in [0.2, 0.25) is 0 Å². The minimum absolute atomic E-state index is 0.519. The Balaban J connectivity index is 1.48. The molecule has 2 unspecified atom stereocenters. The molecule has 1 saturated heterocycles. The Morgan fingerprint density at radius 3 is 2.67 bits per heavy atom. The van der Waals surface area contributed by atoms with E-state index in [1.807, 2.05) is 6.08 Å². The number of nitrogens with zero attached hydrogens (tertiary/aromatic N) is 2. The minimum Gasteiger partial charge on any atom is -0.354 e. The van der Waals surface area contributed by atoms with Gasteiger partial charge in [0.1, 0.15) is 0 Å². The summed E-state index contributed by atoms with van der Waals surface area (Å²) in [5, 5.41) is 7.28. The topological polar surface area (TPSA) is 39.7 Å². The number of hydrogen-bond donors (Lipinski definition) is 2. The van der Waals surface area contributed by atoms with Crippen LogP contribution in [-0.4, -0.2) is 49.1 Å². The second-order valence-electron chi connectivity index (χ2n) is 6.83. The van der Waals surface area contributed by atoms with Crippen molar-refractivity contribution in [2.24, 2.45) is 4.99 Å². The van der Waals surface area contributed by atoms with Crippen LogP contribution in [0.25, 0.3) is 0 Å². The molecule has 0 aromatic heterocycles. The predicted molar refractivity (Wildman–Crippen MR) is 101 cm³/mol. The second-order valence-corrected chi connectivity index (χ2v) is 6.83. The first-order valence-corrected chi connectivity index (χ1v) is 9.26. The Labute approximate surface area is 146 Å². The molecule has 1 aliphatic heterocycles. The molecule has 1 aromatic carbocycles. The highest BCUT2D eigenvalue weighted by Gasteiger charge is 2.39. The zero-order valence-electron chi connectivity index (χ0n) is 14.7. The average molecular weight is 326 g/mol. The van der Waals surface area contributed by atoms with E-state index in [0.717, 1.165) is 32.1 Å². The summed E-state index contributed by atoms with van der Waals surface area (Å²) in [4.78, 5) is 7.11. The van der Waals surface area contributed by atoms with Crippen molar-refractivity contribution >= 4 is 5.96 Å². The van der Waals surface area contributed by atoms with Gasteiger partial charge in [0, 0.05) is 44.2 Å². The number of aliphatic imine (C=N–C) groups is 1. The molecule has 3 rings (SSSR count). The highest BCUT2D eigenvalue weighted by Crippen LogP contribution is 2.40. The third kappa shape index (κ3) is 4.60. The highest BCUT2D eigenvalue weighted by molar-refractivity contribution is 5.81. The molecule has 1 heterocycles. The van der Waals surface area contributed by atoms with E-state index in [9.17, 15) is 0 Å². The fraction of sp³-hybridized carbons (Fsp3) is 0.550. The molecular formula is C20H30N4. The molecule has 130 valence electrons. The minimum atomic E-state index is 0.519. The molecule has 2 atom stereocenters. The number of likely N-dealkylation sites (tertiary alicyclic amines) is 1. The number of nitrogens with one attached hydrogen (secondary N) is 2. The lowest BCUT2D eigenvalue weighted by Crippen LogP contribution is -2.49. The Morgan fingerprint density at radius 2 is 2.00 bits per heavy atom. The van der Waals surface area contributed by atoms with Crippen molar-refractivity contribution in [2.45, 2.75) is 44.2 Å². The SMILES string of the molecule is C=CCN1CCC(NC(=NCC)NC2CC2c2ccccc2)CC1. The van der Waals surface area contributed by atoms with Crippen molar-refractivity contribution < 1.29 is 0 Å². The van der Waals surface area contributed by atoms with Gasteiger partial charge in [-0.15, -0.1) is 6.58 Å².